The fraction of sp³-hybridized carbons (Fsp3) is 0.185. The van der Waals surface area contributed by atoms with Gasteiger partial charge in [0.2, 0.25) is 5.91 Å². The highest BCUT2D eigenvalue weighted by Crippen LogP contribution is 2.27. The maximum Gasteiger partial charge on any atom is 0.262 e. The molecule has 7 nitrogen and oxygen atoms in total. The Morgan fingerprint density at radius 2 is 1.69 bits per heavy atom. The molecule has 3 aromatic carbocycles. The molecule has 0 spiro atoms. The molecule has 0 aliphatic carbocycles. The monoisotopic (exact) mass is 506 g/mol. The summed E-state index contributed by atoms with van der Waals surface area (Å²) in [6.07, 6.45) is 1.71. The summed E-state index contributed by atoms with van der Waals surface area (Å²) in [5.41, 5.74) is 0.625. The molecule has 0 aliphatic rings. The average molecular weight is 507 g/mol. The number of sulfonamides is 1. The van der Waals surface area contributed by atoms with E-state index >= 15 is 0 Å². The van der Waals surface area contributed by atoms with Gasteiger partial charge in [0.25, 0.3) is 10.0 Å². The lowest BCUT2D eigenvalue weighted by Gasteiger charge is -2.19. The molecule has 4 rings (SSSR count). The van der Waals surface area contributed by atoms with Crippen LogP contribution < -0.4 is 15.4 Å². The van der Waals surface area contributed by atoms with Crippen LogP contribution in [0.5, 0.6) is 0 Å². The number of carbonyl (C=O) groups excluding carboxylic acids is 1. The lowest BCUT2D eigenvalue weighted by molar-refractivity contribution is -0.124. The van der Waals surface area contributed by atoms with Crippen molar-refractivity contribution in [3.8, 4) is 0 Å². The summed E-state index contributed by atoms with van der Waals surface area (Å²) in [6.45, 7) is 2.78. The third kappa shape index (κ3) is 5.80. The first kappa shape index (κ1) is 25.1. The van der Waals surface area contributed by atoms with Crippen molar-refractivity contribution in [2.24, 2.45) is 5.41 Å². The van der Waals surface area contributed by atoms with Crippen LogP contribution in [0.4, 0.5) is 21.6 Å². The SMILES string of the molecule is CC(C)(CF)C(=O)Nc1ccc(NS(=O)(=O)c2cccc3cc(CNc4ccccn4)ccc23)cc1. The second-order valence-electron chi connectivity index (χ2n) is 9.03. The van der Waals surface area contributed by atoms with E-state index < -0.39 is 28.0 Å². The molecule has 0 saturated heterocycles. The number of aromatic nitrogens is 1. The topological polar surface area (TPSA) is 100 Å². The first-order chi connectivity index (χ1) is 17.2. The Hall–Kier alpha value is -3.98. The average Bonchev–Trinajstić information content (AvgIpc) is 2.88. The molecule has 186 valence electrons. The first-order valence-corrected chi connectivity index (χ1v) is 12.8. The van der Waals surface area contributed by atoms with Crippen molar-refractivity contribution >= 4 is 43.9 Å². The zero-order chi connectivity index (χ0) is 25.8. The zero-order valence-corrected chi connectivity index (χ0v) is 20.8. The van der Waals surface area contributed by atoms with E-state index in [0.717, 1.165) is 16.8 Å². The van der Waals surface area contributed by atoms with Gasteiger partial charge in [-0.3, -0.25) is 9.52 Å². The number of carbonyl (C=O) groups is 1. The van der Waals surface area contributed by atoms with E-state index in [-0.39, 0.29) is 4.90 Å². The maximum atomic E-state index is 13.2. The van der Waals surface area contributed by atoms with Gasteiger partial charge in [0.1, 0.15) is 12.5 Å². The lowest BCUT2D eigenvalue weighted by Crippen LogP contribution is -2.32. The van der Waals surface area contributed by atoms with Gasteiger partial charge in [0, 0.05) is 29.5 Å². The molecule has 4 aromatic rings. The smallest absolute Gasteiger partial charge is 0.262 e. The molecule has 3 N–H and O–H groups in total. The molecule has 0 saturated carbocycles. The van der Waals surface area contributed by atoms with E-state index in [1.165, 1.54) is 13.8 Å². The van der Waals surface area contributed by atoms with Gasteiger partial charge in [-0.15, -0.1) is 0 Å². The Balaban J connectivity index is 1.50. The molecule has 36 heavy (non-hydrogen) atoms. The molecule has 0 unspecified atom stereocenters. The van der Waals surface area contributed by atoms with Gasteiger partial charge in [-0.2, -0.15) is 0 Å². The van der Waals surface area contributed by atoms with Gasteiger partial charge >= 0.3 is 0 Å². The van der Waals surface area contributed by atoms with Gasteiger partial charge < -0.3 is 10.6 Å². The van der Waals surface area contributed by atoms with Gasteiger partial charge in [-0.05, 0) is 73.3 Å². The number of alkyl halides is 1. The van der Waals surface area contributed by atoms with Crippen LogP contribution in [0.2, 0.25) is 0 Å². The van der Waals surface area contributed by atoms with Crippen molar-refractivity contribution in [2.75, 3.05) is 22.0 Å². The minimum Gasteiger partial charge on any atom is -0.366 e. The Bertz CT molecular complexity index is 1470. The zero-order valence-electron chi connectivity index (χ0n) is 20.0. The highest BCUT2D eigenvalue weighted by molar-refractivity contribution is 7.93. The van der Waals surface area contributed by atoms with E-state index in [0.29, 0.717) is 23.3 Å². The van der Waals surface area contributed by atoms with Crippen LogP contribution >= 0.6 is 0 Å². The number of anilines is 3. The van der Waals surface area contributed by atoms with Crippen molar-refractivity contribution in [1.29, 1.82) is 0 Å². The van der Waals surface area contributed by atoms with Crippen LogP contribution in [0.1, 0.15) is 19.4 Å². The number of halogens is 1. The molecule has 1 aromatic heterocycles. The van der Waals surface area contributed by atoms with E-state index in [9.17, 15) is 17.6 Å². The molecular weight excluding hydrogens is 479 g/mol. The Morgan fingerprint density at radius 1 is 0.944 bits per heavy atom. The number of pyridine rings is 1. The van der Waals surface area contributed by atoms with Crippen LogP contribution in [0, 0.1) is 5.41 Å². The molecule has 0 atom stereocenters. The number of fused-ring (bicyclic) bond motifs is 1. The van der Waals surface area contributed by atoms with Crippen LogP contribution in [0.25, 0.3) is 10.8 Å². The van der Waals surface area contributed by atoms with E-state index in [1.54, 1.807) is 48.7 Å². The molecule has 9 heteroatoms. The summed E-state index contributed by atoms with van der Waals surface area (Å²) in [6, 6.07) is 22.6. The van der Waals surface area contributed by atoms with E-state index in [2.05, 4.69) is 20.3 Å². The molecule has 0 bridgehead atoms. The maximum absolute atomic E-state index is 13.2. The van der Waals surface area contributed by atoms with Crippen molar-refractivity contribution in [1.82, 2.24) is 4.98 Å². The second-order valence-corrected chi connectivity index (χ2v) is 10.7. The number of rotatable bonds is 9. The fourth-order valence-corrected chi connectivity index (χ4v) is 4.79. The van der Waals surface area contributed by atoms with Crippen LogP contribution in [-0.4, -0.2) is 26.0 Å². The number of amides is 1. The quantitative estimate of drug-likeness (QED) is 0.275. The van der Waals surface area contributed by atoms with Crippen molar-refractivity contribution in [3.05, 3.63) is 90.6 Å². The normalized spacial score (nSPS) is 11.8. The number of benzene rings is 3. The molecule has 0 aliphatic heterocycles. The summed E-state index contributed by atoms with van der Waals surface area (Å²) >= 11 is 0. The number of nitrogens with zero attached hydrogens (tertiary/aromatic N) is 1. The largest absolute Gasteiger partial charge is 0.366 e. The molecule has 1 heterocycles. The minimum absolute atomic E-state index is 0.159. The second kappa shape index (κ2) is 10.3. The molecular formula is C27H27FN4O3S. The summed E-state index contributed by atoms with van der Waals surface area (Å²) in [7, 11) is -3.88. The summed E-state index contributed by atoms with van der Waals surface area (Å²) in [5, 5.41) is 7.28. The van der Waals surface area contributed by atoms with Gasteiger partial charge in [-0.1, -0.05) is 30.3 Å². The number of hydrogen-bond donors (Lipinski definition) is 3. The lowest BCUT2D eigenvalue weighted by atomic mass is 9.94. The molecule has 0 fully saturated rings. The van der Waals surface area contributed by atoms with Crippen molar-refractivity contribution < 1.29 is 17.6 Å². The Labute approximate surface area is 209 Å². The van der Waals surface area contributed by atoms with Crippen molar-refractivity contribution in [2.45, 2.75) is 25.3 Å². The van der Waals surface area contributed by atoms with Crippen LogP contribution in [-0.2, 0) is 21.4 Å². The standard InChI is InChI=1S/C27H27FN4O3S/c1-27(2,18-28)26(33)31-21-10-12-22(13-11-21)32-36(34,35)24-7-5-6-20-16-19(9-14-23(20)24)17-30-25-8-3-4-15-29-25/h3-16,32H,17-18H2,1-2H3,(H,29,30)(H,31,33). The summed E-state index contributed by atoms with van der Waals surface area (Å²) in [5.74, 6) is 0.304. The third-order valence-electron chi connectivity index (χ3n) is 5.68. The third-order valence-corrected chi connectivity index (χ3v) is 7.12. The summed E-state index contributed by atoms with van der Waals surface area (Å²) < 4.78 is 42.0. The first-order valence-electron chi connectivity index (χ1n) is 11.3. The minimum atomic E-state index is -3.88. The van der Waals surface area contributed by atoms with Crippen LogP contribution in [0.15, 0.2) is 90.0 Å². The van der Waals surface area contributed by atoms with E-state index in [4.69, 9.17) is 0 Å². The predicted molar refractivity (Wildman–Crippen MR) is 141 cm³/mol. The highest BCUT2D eigenvalue weighted by Gasteiger charge is 2.27. The van der Waals surface area contributed by atoms with Gasteiger partial charge in [0.15, 0.2) is 0 Å². The summed E-state index contributed by atoms with van der Waals surface area (Å²) in [4.78, 5) is 16.6. The molecule has 0 radical (unpaired) electrons. The van der Waals surface area contributed by atoms with Gasteiger partial charge in [0.05, 0.1) is 10.3 Å². The predicted octanol–water partition coefficient (Wildman–Crippen LogP) is 5.58. The van der Waals surface area contributed by atoms with Crippen LogP contribution in [0.3, 0.4) is 0 Å². The Kier molecular flexibility index (Phi) is 7.21. The van der Waals surface area contributed by atoms with E-state index in [1.807, 2.05) is 36.4 Å². The van der Waals surface area contributed by atoms with Crippen molar-refractivity contribution in [3.63, 3.8) is 0 Å². The van der Waals surface area contributed by atoms with Gasteiger partial charge in [-0.25, -0.2) is 17.8 Å². The fourth-order valence-electron chi connectivity index (χ4n) is 3.50. The number of hydrogen-bond acceptors (Lipinski definition) is 5. The Morgan fingerprint density at radius 3 is 2.39 bits per heavy atom. The number of nitrogens with one attached hydrogen (secondary N) is 3. The molecule has 1 amide bonds. The highest BCUT2D eigenvalue weighted by atomic mass is 32.2.